The third-order valence-electron chi connectivity index (χ3n) is 3.49. The van der Waals surface area contributed by atoms with Gasteiger partial charge in [-0.25, -0.2) is 4.98 Å². The molecule has 104 valence electrons. The quantitative estimate of drug-likeness (QED) is 0.390. The van der Waals surface area contributed by atoms with Gasteiger partial charge in [-0.1, -0.05) is 0 Å². The first-order valence-electron chi connectivity index (χ1n) is 6.46. The number of aromatic amines is 3. The Morgan fingerprint density at radius 2 is 1.95 bits per heavy atom. The average Bonchev–Trinajstić information content (AvgIpc) is 3.16. The summed E-state index contributed by atoms with van der Waals surface area (Å²) in [6, 6.07) is 9.08. The Morgan fingerprint density at radius 1 is 1.05 bits per heavy atom. The molecule has 0 saturated carbocycles. The number of hydrogen-bond donors (Lipinski definition) is 5. The minimum absolute atomic E-state index is 0.0786. The van der Waals surface area contributed by atoms with Crippen LogP contribution >= 0.6 is 0 Å². The Hall–Kier alpha value is -3.15. The zero-order chi connectivity index (χ0) is 14.4. The first-order valence-corrected chi connectivity index (χ1v) is 6.46. The van der Waals surface area contributed by atoms with Crippen LogP contribution in [0.2, 0.25) is 0 Å². The lowest BCUT2D eigenvalue weighted by atomic mass is 10.0. The third-order valence-corrected chi connectivity index (χ3v) is 3.49. The summed E-state index contributed by atoms with van der Waals surface area (Å²) in [6.45, 7) is 0. The fourth-order valence-electron chi connectivity index (χ4n) is 2.61. The van der Waals surface area contributed by atoms with Crippen molar-refractivity contribution in [3.8, 4) is 34.3 Å². The molecule has 6 nitrogen and oxygen atoms in total. The Balaban J connectivity index is 2.10. The van der Waals surface area contributed by atoms with Crippen LogP contribution in [0.4, 0.5) is 0 Å². The van der Waals surface area contributed by atoms with Gasteiger partial charge in [0, 0.05) is 35.0 Å². The van der Waals surface area contributed by atoms with Crippen molar-refractivity contribution in [1.82, 2.24) is 19.9 Å². The minimum Gasteiger partial charge on any atom is -0.494 e. The Kier molecular flexibility index (Phi) is 2.32. The van der Waals surface area contributed by atoms with Gasteiger partial charge in [-0.2, -0.15) is 0 Å². The number of fused-ring (bicyclic) bond motifs is 1. The number of nitrogens with zero attached hydrogens (tertiary/aromatic N) is 1. The van der Waals surface area contributed by atoms with Crippen molar-refractivity contribution >= 4 is 11.0 Å². The molecule has 0 unspecified atom stereocenters. The van der Waals surface area contributed by atoms with Crippen LogP contribution in [0.3, 0.4) is 0 Å². The molecule has 0 aromatic carbocycles. The van der Waals surface area contributed by atoms with E-state index in [1.165, 1.54) is 6.07 Å². The summed E-state index contributed by atoms with van der Waals surface area (Å²) >= 11 is 0. The second-order valence-corrected chi connectivity index (χ2v) is 4.78. The monoisotopic (exact) mass is 280 g/mol. The molecule has 4 rings (SSSR count). The van der Waals surface area contributed by atoms with Crippen molar-refractivity contribution in [2.45, 2.75) is 0 Å². The molecule has 5 N–H and O–H groups in total. The first-order chi connectivity index (χ1) is 10.2. The molecule has 21 heavy (non-hydrogen) atoms. The number of aromatic nitrogens is 4. The van der Waals surface area contributed by atoms with Gasteiger partial charge >= 0.3 is 0 Å². The maximum absolute atomic E-state index is 10.0. The lowest BCUT2D eigenvalue weighted by molar-refractivity contribution is 0.426. The molecule has 0 radical (unpaired) electrons. The number of H-pyrrole nitrogens is 3. The van der Waals surface area contributed by atoms with Crippen LogP contribution in [-0.2, 0) is 0 Å². The van der Waals surface area contributed by atoms with E-state index in [-0.39, 0.29) is 11.8 Å². The Morgan fingerprint density at radius 3 is 2.67 bits per heavy atom. The van der Waals surface area contributed by atoms with E-state index in [0.29, 0.717) is 5.56 Å². The number of nitrogens with one attached hydrogen (secondary N) is 3. The van der Waals surface area contributed by atoms with Crippen molar-refractivity contribution in [2.24, 2.45) is 0 Å². The number of hydrogen-bond acceptors (Lipinski definition) is 3. The van der Waals surface area contributed by atoms with Gasteiger partial charge < -0.3 is 20.2 Å². The van der Waals surface area contributed by atoms with E-state index in [4.69, 9.17) is 0 Å². The summed E-state index contributed by atoms with van der Waals surface area (Å²) in [6.07, 6.45) is 3.53. The molecule has 4 aromatic heterocycles. The van der Waals surface area contributed by atoms with Gasteiger partial charge in [-0.05, 0) is 24.3 Å². The molecule has 0 fully saturated rings. The fraction of sp³-hybridized carbons (Fsp3) is 0. The van der Waals surface area contributed by atoms with Gasteiger partial charge in [-0.3, -0.25) is 4.98 Å². The van der Waals surface area contributed by atoms with Gasteiger partial charge in [0.1, 0.15) is 5.65 Å². The van der Waals surface area contributed by atoms with Crippen LogP contribution < -0.4 is 0 Å². The van der Waals surface area contributed by atoms with Gasteiger partial charge in [-0.15, -0.1) is 0 Å². The van der Waals surface area contributed by atoms with Crippen molar-refractivity contribution in [1.29, 1.82) is 0 Å². The normalized spacial score (nSPS) is 11.2. The highest BCUT2D eigenvalue weighted by Gasteiger charge is 2.20. The predicted molar refractivity (Wildman–Crippen MR) is 79.0 cm³/mol. The van der Waals surface area contributed by atoms with Gasteiger partial charge in [0.2, 0.25) is 0 Å². The largest absolute Gasteiger partial charge is 0.494 e. The van der Waals surface area contributed by atoms with E-state index < -0.39 is 0 Å². The highest BCUT2D eigenvalue weighted by molar-refractivity contribution is 6.03. The van der Waals surface area contributed by atoms with Crippen molar-refractivity contribution in [2.75, 3.05) is 0 Å². The Labute approximate surface area is 119 Å². The van der Waals surface area contributed by atoms with Gasteiger partial charge in [0.25, 0.3) is 0 Å². The maximum Gasteiger partial charge on any atom is 0.199 e. The summed E-state index contributed by atoms with van der Waals surface area (Å²) in [5.41, 5.74) is 3.72. The number of pyridine rings is 1. The highest BCUT2D eigenvalue weighted by atomic mass is 16.3. The number of aromatic hydroxyl groups is 2. The van der Waals surface area contributed by atoms with Crippen LogP contribution in [-0.4, -0.2) is 30.1 Å². The predicted octanol–water partition coefficient (Wildman–Crippen LogP) is 2.96. The molecule has 6 heteroatoms. The molecule has 0 aliphatic rings. The van der Waals surface area contributed by atoms with Crippen LogP contribution in [0, 0.1) is 0 Å². The summed E-state index contributed by atoms with van der Waals surface area (Å²) in [7, 11) is 0. The summed E-state index contributed by atoms with van der Waals surface area (Å²) in [4.78, 5) is 13.2. The van der Waals surface area contributed by atoms with E-state index >= 15 is 0 Å². The van der Waals surface area contributed by atoms with E-state index in [2.05, 4.69) is 19.9 Å². The van der Waals surface area contributed by atoms with Crippen molar-refractivity contribution in [3.63, 3.8) is 0 Å². The van der Waals surface area contributed by atoms with Crippen LogP contribution in [0.15, 0.2) is 42.7 Å². The second kappa shape index (κ2) is 4.17. The molecule has 4 heterocycles. The van der Waals surface area contributed by atoms with Crippen LogP contribution in [0.5, 0.6) is 11.8 Å². The third kappa shape index (κ3) is 1.69. The molecule has 0 bridgehead atoms. The molecule has 0 spiro atoms. The van der Waals surface area contributed by atoms with E-state index in [9.17, 15) is 10.2 Å². The maximum atomic E-state index is 10.0. The molecule has 0 atom stereocenters. The highest BCUT2D eigenvalue weighted by Crippen LogP contribution is 2.42. The molecular formula is C15H12N4O2. The van der Waals surface area contributed by atoms with Gasteiger partial charge in [0.15, 0.2) is 11.8 Å². The van der Waals surface area contributed by atoms with Gasteiger partial charge in [0.05, 0.1) is 11.4 Å². The molecule has 0 aliphatic carbocycles. The van der Waals surface area contributed by atoms with E-state index in [1.807, 2.05) is 30.5 Å². The van der Waals surface area contributed by atoms with Crippen LogP contribution in [0.25, 0.3) is 33.5 Å². The molecule has 0 amide bonds. The van der Waals surface area contributed by atoms with Crippen LogP contribution in [0.1, 0.15) is 0 Å². The molecule has 4 aromatic rings. The average molecular weight is 280 g/mol. The molecular weight excluding hydrogens is 268 g/mol. The van der Waals surface area contributed by atoms with E-state index in [0.717, 1.165) is 28.0 Å². The van der Waals surface area contributed by atoms with Crippen molar-refractivity contribution in [3.05, 3.63) is 42.7 Å². The standard InChI is InChI=1S/C15H12N4O2/c20-11-7-9(15(21)18-11)12-8-3-1-6-17-14(8)19-13(12)10-4-2-5-16-10/h1-7,16,18,20-21H,(H,17,19). The minimum atomic E-state index is -0.0850. The summed E-state index contributed by atoms with van der Waals surface area (Å²) in [5, 5.41) is 20.5. The van der Waals surface area contributed by atoms with E-state index in [1.54, 1.807) is 6.20 Å². The lowest BCUT2D eigenvalue weighted by Gasteiger charge is -2.02. The zero-order valence-electron chi connectivity index (χ0n) is 10.9. The van der Waals surface area contributed by atoms with Crippen molar-refractivity contribution < 1.29 is 10.2 Å². The summed E-state index contributed by atoms with van der Waals surface area (Å²) < 4.78 is 0. The first kappa shape index (κ1) is 11.7. The molecule has 0 aliphatic heterocycles. The zero-order valence-corrected chi connectivity index (χ0v) is 10.9. The smallest absolute Gasteiger partial charge is 0.199 e. The summed E-state index contributed by atoms with van der Waals surface area (Å²) in [5.74, 6) is -0.164. The second-order valence-electron chi connectivity index (χ2n) is 4.78. The number of rotatable bonds is 2. The lowest BCUT2D eigenvalue weighted by Crippen LogP contribution is -1.81. The fourth-order valence-corrected chi connectivity index (χ4v) is 2.61. The Bertz CT molecular complexity index is 919. The molecule has 0 saturated heterocycles. The SMILES string of the molecule is Oc1cc(-c2c(-c3ccc[nH]3)[nH]c3ncccc23)c(O)[nH]1. The topological polar surface area (TPSA) is 101 Å².